The third-order valence-corrected chi connectivity index (χ3v) is 4.16. The van der Waals surface area contributed by atoms with Gasteiger partial charge in [0.05, 0.1) is 23.8 Å². The van der Waals surface area contributed by atoms with Crippen molar-refractivity contribution in [2.45, 2.75) is 25.0 Å². The van der Waals surface area contributed by atoms with E-state index in [1.165, 1.54) is 17.7 Å². The van der Waals surface area contributed by atoms with Gasteiger partial charge in [-0.25, -0.2) is 4.39 Å². The highest BCUT2D eigenvalue weighted by Gasteiger charge is 2.24. The largest absolute Gasteiger partial charge is 0.388 e. The topological polar surface area (TPSA) is 29.5 Å². The highest BCUT2D eigenvalue weighted by molar-refractivity contribution is 6.30. The van der Waals surface area contributed by atoms with Crippen molar-refractivity contribution in [2.75, 3.05) is 6.61 Å². The maximum absolute atomic E-state index is 13.5. The van der Waals surface area contributed by atoms with E-state index >= 15 is 0 Å². The molecule has 0 spiro atoms. The van der Waals surface area contributed by atoms with E-state index in [0.29, 0.717) is 18.6 Å². The summed E-state index contributed by atoms with van der Waals surface area (Å²) in [5.74, 6) is -0.516. The summed E-state index contributed by atoms with van der Waals surface area (Å²) in [6, 6.07) is 12.5. The Balaban J connectivity index is 1.79. The number of halogens is 2. The Bertz CT molecular complexity index is 644. The lowest BCUT2D eigenvalue weighted by molar-refractivity contribution is 0.00371. The van der Waals surface area contributed by atoms with E-state index in [4.69, 9.17) is 16.3 Å². The molecule has 3 rings (SSSR count). The van der Waals surface area contributed by atoms with Crippen LogP contribution in [0.15, 0.2) is 42.5 Å². The molecule has 1 N–H and O–H groups in total. The van der Waals surface area contributed by atoms with Gasteiger partial charge in [-0.1, -0.05) is 41.9 Å². The molecule has 0 aromatic heterocycles. The number of hydrogen-bond donors (Lipinski definition) is 1. The highest BCUT2D eigenvalue weighted by Crippen LogP contribution is 2.34. The minimum Gasteiger partial charge on any atom is -0.388 e. The van der Waals surface area contributed by atoms with E-state index in [-0.39, 0.29) is 11.1 Å². The number of ether oxygens (including phenoxy) is 1. The zero-order chi connectivity index (χ0) is 14.8. The third kappa shape index (κ3) is 3.10. The molecule has 1 aliphatic rings. The van der Waals surface area contributed by atoms with Gasteiger partial charge in [0.15, 0.2) is 0 Å². The first-order chi connectivity index (χ1) is 10.1. The number of aliphatic hydroxyl groups excluding tert-OH is 1. The van der Waals surface area contributed by atoms with E-state index in [9.17, 15) is 9.50 Å². The Kier molecular flexibility index (Phi) is 4.24. The van der Waals surface area contributed by atoms with Crippen LogP contribution < -0.4 is 0 Å². The molecule has 21 heavy (non-hydrogen) atoms. The van der Waals surface area contributed by atoms with Gasteiger partial charge in [0, 0.05) is 6.42 Å². The molecule has 0 radical (unpaired) electrons. The maximum atomic E-state index is 13.5. The van der Waals surface area contributed by atoms with E-state index in [1.54, 1.807) is 6.07 Å². The van der Waals surface area contributed by atoms with Crippen LogP contribution in [0.4, 0.5) is 4.39 Å². The van der Waals surface area contributed by atoms with Crippen LogP contribution in [0, 0.1) is 5.82 Å². The number of benzene rings is 2. The molecule has 110 valence electrons. The Hall–Kier alpha value is -1.42. The SMILES string of the molecule is OC(CC1OCCc2ccccc21)c1ccc(Cl)c(F)c1. The lowest BCUT2D eigenvalue weighted by atomic mass is 9.92. The predicted molar refractivity (Wildman–Crippen MR) is 79.8 cm³/mol. The first-order valence-electron chi connectivity index (χ1n) is 6.97. The average molecular weight is 307 g/mol. The molecular weight excluding hydrogens is 291 g/mol. The molecule has 0 fully saturated rings. The molecule has 4 heteroatoms. The van der Waals surface area contributed by atoms with Crippen molar-refractivity contribution in [1.29, 1.82) is 0 Å². The van der Waals surface area contributed by atoms with Gasteiger partial charge in [0.25, 0.3) is 0 Å². The first kappa shape index (κ1) is 14.5. The second-order valence-corrected chi connectivity index (χ2v) is 5.64. The summed E-state index contributed by atoms with van der Waals surface area (Å²) < 4.78 is 19.3. The van der Waals surface area contributed by atoms with E-state index in [2.05, 4.69) is 6.07 Å². The van der Waals surface area contributed by atoms with Crippen molar-refractivity contribution in [3.05, 3.63) is 70.0 Å². The fourth-order valence-electron chi connectivity index (χ4n) is 2.73. The fourth-order valence-corrected chi connectivity index (χ4v) is 2.85. The van der Waals surface area contributed by atoms with Crippen molar-refractivity contribution in [3.63, 3.8) is 0 Å². The summed E-state index contributed by atoms with van der Waals surface area (Å²) in [6.45, 7) is 0.642. The number of hydrogen-bond acceptors (Lipinski definition) is 2. The summed E-state index contributed by atoms with van der Waals surface area (Å²) in [5.41, 5.74) is 2.88. The lowest BCUT2D eigenvalue weighted by Gasteiger charge is -2.27. The zero-order valence-corrected chi connectivity index (χ0v) is 12.2. The van der Waals surface area contributed by atoms with Crippen LogP contribution in [0.5, 0.6) is 0 Å². The molecule has 1 aliphatic heterocycles. The van der Waals surface area contributed by atoms with Gasteiger partial charge in [0.1, 0.15) is 5.82 Å². The summed E-state index contributed by atoms with van der Waals surface area (Å²) >= 11 is 5.66. The van der Waals surface area contributed by atoms with Gasteiger partial charge in [-0.05, 0) is 35.2 Å². The molecule has 0 bridgehead atoms. The molecule has 1 heterocycles. The quantitative estimate of drug-likeness (QED) is 0.920. The molecule has 0 saturated carbocycles. The second kappa shape index (κ2) is 6.14. The van der Waals surface area contributed by atoms with E-state index in [0.717, 1.165) is 12.0 Å². The Morgan fingerprint density at radius 2 is 2.10 bits per heavy atom. The van der Waals surface area contributed by atoms with Gasteiger partial charge < -0.3 is 9.84 Å². The normalized spacial score (nSPS) is 19.1. The summed E-state index contributed by atoms with van der Waals surface area (Å²) in [4.78, 5) is 0. The Labute approximate surface area is 128 Å². The highest BCUT2D eigenvalue weighted by atomic mass is 35.5. The van der Waals surface area contributed by atoms with Crippen LogP contribution in [0.25, 0.3) is 0 Å². The average Bonchev–Trinajstić information content (AvgIpc) is 2.50. The van der Waals surface area contributed by atoms with Crippen molar-refractivity contribution < 1.29 is 14.2 Å². The molecule has 0 saturated heterocycles. The van der Waals surface area contributed by atoms with Gasteiger partial charge in [0.2, 0.25) is 0 Å². The summed E-state index contributed by atoms with van der Waals surface area (Å²) in [6.07, 6.45) is 0.341. The summed E-state index contributed by atoms with van der Waals surface area (Å²) in [7, 11) is 0. The fraction of sp³-hybridized carbons (Fsp3) is 0.294. The third-order valence-electron chi connectivity index (χ3n) is 3.86. The molecule has 0 amide bonds. The lowest BCUT2D eigenvalue weighted by Crippen LogP contribution is -2.18. The van der Waals surface area contributed by atoms with Gasteiger partial charge in [-0.2, -0.15) is 0 Å². The standard InChI is InChI=1S/C17H16ClFO2/c18-14-6-5-12(9-15(14)19)16(20)10-17-13-4-2-1-3-11(13)7-8-21-17/h1-6,9,16-17,20H,7-8,10H2. The number of fused-ring (bicyclic) bond motifs is 1. The van der Waals surface area contributed by atoms with Crippen LogP contribution in [-0.2, 0) is 11.2 Å². The molecule has 0 aliphatic carbocycles. The van der Waals surface area contributed by atoms with Crippen LogP contribution in [0.1, 0.15) is 35.3 Å². The minimum atomic E-state index is -0.784. The zero-order valence-electron chi connectivity index (χ0n) is 11.4. The predicted octanol–water partition coefficient (Wildman–Crippen LogP) is 4.22. The Morgan fingerprint density at radius 1 is 1.29 bits per heavy atom. The second-order valence-electron chi connectivity index (χ2n) is 5.23. The molecule has 2 unspecified atom stereocenters. The van der Waals surface area contributed by atoms with E-state index < -0.39 is 11.9 Å². The van der Waals surface area contributed by atoms with Crippen molar-refractivity contribution in [1.82, 2.24) is 0 Å². The van der Waals surface area contributed by atoms with Crippen molar-refractivity contribution in [3.8, 4) is 0 Å². The van der Waals surface area contributed by atoms with Crippen LogP contribution in [-0.4, -0.2) is 11.7 Å². The molecule has 2 nitrogen and oxygen atoms in total. The van der Waals surface area contributed by atoms with Gasteiger partial charge in [-0.15, -0.1) is 0 Å². The monoisotopic (exact) mass is 306 g/mol. The van der Waals surface area contributed by atoms with Crippen LogP contribution >= 0.6 is 11.6 Å². The Morgan fingerprint density at radius 3 is 2.90 bits per heavy atom. The van der Waals surface area contributed by atoms with E-state index in [1.807, 2.05) is 18.2 Å². The van der Waals surface area contributed by atoms with Gasteiger partial charge in [-0.3, -0.25) is 0 Å². The summed E-state index contributed by atoms with van der Waals surface area (Å²) in [5, 5.41) is 10.4. The molecule has 2 aromatic carbocycles. The smallest absolute Gasteiger partial charge is 0.142 e. The van der Waals surface area contributed by atoms with Gasteiger partial charge >= 0.3 is 0 Å². The minimum absolute atomic E-state index is 0.0604. The maximum Gasteiger partial charge on any atom is 0.142 e. The number of aliphatic hydroxyl groups is 1. The molecule has 2 atom stereocenters. The van der Waals surface area contributed by atoms with Crippen molar-refractivity contribution in [2.24, 2.45) is 0 Å². The first-order valence-corrected chi connectivity index (χ1v) is 7.35. The van der Waals surface area contributed by atoms with Crippen LogP contribution in [0.2, 0.25) is 5.02 Å². The molecular formula is C17H16ClFO2. The van der Waals surface area contributed by atoms with Crippen molar-refractivity contribution >= 4 is 11.6 Å². The number of rotatable bonds is 3. The molecule has 2 aromatic rings. The van der Waals surface area contributed by atoms with Crippen LogP contribution in [0.3, 0.4) is 0 Å².